The van der Waals surface area contributed by atoms with Crippen molar-refractivity contribution in [1.82, 2.24) is 5.32 Å². The minimum absolute atomic E-state index is 0.229. The molecule has 1 N–H and O–H groups in total. The molecule has 0 aliphatic heterocycles. The molecule has 0 radical (unpaired) electrons. The molecule has 0 rings (SSSR count). The molecular weight excluding hydrogens is 198 g/mol. The first-order valence-electron chi connectivity index (χ1n) is 6.79. The SMILES string of the molecule is CC(C)CCCCC(=O)NCCCC(C)C. The van der Waals surface area contributed by atoms with Crippen LogP contribution in [0.15, 0.2) is 0 Å². The predicted octanol–water partition coefficient (Wildman–Crippen LogP) is 3.76. The second-order valence-electron chi connectivity index (χ2n) is 5.53. The zero-order valence-electron chi connectivity index (χ0n) is 11.5. The normalized spacial score (nSPS) is 11.1. The third-order valence-electron chi connectivity index (χ3n) is 2.72. The molecule has 0 saturated carbocycles. The zero-order valence-corrected chi connectivity index (χ0v) is 11.5. The van der Waals surface area contributed by atoms with Gasteiger partial charge in [0, 0.05) is 13.0 Å². The van der Waals surface area contributed by atoms with Gasteiger partial charge in [-0.15, -0.1) is 0 Å². The molecule has 96 valence electrons. The number of carbonyl (C=O) groups is 1. The van der Waals surface area contributed by atoms with E-state index in [-0.39, 0.29) is 5.91 Å². The Balaban J connectivity index is 3.25. The molecule has 0 aromatic heterocycles. The molecule has 0 atom stereocenters. The third-order valence-corrected chi connectivity index (χ3v) is 2.72. The van der Waals surface area contributed by atoms with Gasteiger partial charge in [-0.1, -0.05) is 40.5 Å². The summed E-state index contributed by atoms with van der Waals surface area (Å²) in [5.41, 5.74) is 0. The van der Waals surface area contributed by atoms with Crippen molar-refractivity contribution in [1.29, 1.82) is 0 Å². The average molecular weight is 227 g/mol. The highest BCUT2D eigenvalue weighted by atomic mass is 16.1. The standard InChI is InChI=1S/C14H29NO/c1-12(2)8-5-6-10-14(16)15-11-7-9-13(3)4/h12-13H,5-11H2,1-4H3,(H,15,16). The van der Waals surface area contributed by atoms with Gasteiger partial charge in [0.2, 0.25) is 5.91 Å². The molecule has 0 saturated heterocycles. The van der Waals surface area contributed by atoms with Crippen LogP contribution in [0.5, 0.6) is 0 Å². The van der Waals surface area contributed by atoms with Crippen molar-refractivity contribution < 1.29 is 4.79 Å². The van der Waals surface area contributed by atoms with Gasteiger partial charge in [0.05, 0.1) is 0 Å². The number of hydrogen-bond acceptors (Lipinski definition) is 1. The van der Waals surface area contributed by atoms with Crippen LogP contribution in [0.4, 0.5) is 0 Å². The second kappa shape index (κ2) is 9.68. The first kappa shape index (κ1) is 15.5. The number of nitrogens with one attached hydrogen (secondary N) is 1. The number of rotatable bonds is 9. The van der Waals surface area contributed by atoms with Crippen molar-refractivity contribution >= 4 is 5.91 Å². The Morgan fingerprint density at radius 1 is 0.938 bits per heavy atom. The van der Waals surface area contributed by atoms with Gasteiger partial charge in [0.15, 0.2) is 0 Å². The molecule has 16 heavy (non-hydrogen) atoms. The van der Waals surface area contributed by atoms with E-state index < -0.39 is 0 Å². The van der Waals surface area contributed by atoms with E-state index in [1.54, 1.807) is 0 Å². The Morgan fingerprint density at radius 2 is 1.50 bits per heavy atom. The lowest BCUT2D eigenvalue weighted by Crippen LogP contribution is -2.24. The number of hydrogen-bond donors (Lipinski definition) is 1. The predicted molar refractivity (Wildman–Crippen MR) is 70.4 cm³/mol. The lowest BCUT2D eigenvalue weighted by molar-refractivity contribution is -0.121. The van der Waals surface area contributed by atoms with E-state index >= 15 is 0 Å². The summed E-state index contributed by atoms with van der Waals surface area (Å²) in [5, 5.41) is 2.99. The van der Waals surface area contributed by atoms with Gasteiger partial charge >= 0.3 is 0 Å². The maximum absolute atomic E-state index is 11.4. The van der Waals surface area contributed by atoms with Gasteiger partial charge in [-0.3, -0.25) is 4.79 Å². The van der Waals surface area contributed by atoms with E-state index in [1.165, 1.54) is 19.3 Å². The molecule has 0 spiro atoms. The third kappa shape index (κ3) is 11.5. The maximum atomic E-state index is 11.4. The Kier molecular flexibility index (Phi) is 9.36. The minimum Gasteiger partial charge on any atom is -0.356 e. The highest BCUT2D eigenvalue weighted by Gasteiger charge is 2.01. The van der Waals surface area contributed by atoms with Crippen molar-refractivity contribution in [3.05, 3.63) is 0 Å². The van der Waals surface area contributed by atoms with Crippen molar-refractivity contribution in [3.8, 4) is 0 Å². The van der Waals surface area contributed by atoms with Crippen molar-refractivity contribution in [2.75, 3.05) is 6.54 Å². The molecule has 0 heterocycles. The van der Waals surface area contributed by atoms with Gasteiger partial charge in [-0.2, -0.15) is 0 Å². The van der Waals surface area contributed by atoms with Crippen LogP contribution >= 0.6 is 0 Å². The molecule has 0 aromatic rings. The first-order chi connectivity index (χ1) is 7.52. The van der Waals surface area contributed by atoms with Gasteiger partial charge in [-0.05, 0) is 31.1 Å². The van der Waals surface area contributed by atoms with Crippen molar-refractivity contribution in [3.63, 3.8) is 0 Å². The zero-order chi connectivity index (χ0) is 12.4. The Hall–Kier alpha value is -0.530. The molecule has 0 fully saturated rings. The average Bonchev–Trinajstić information content (AvgIpc) is 2.19. The summed E-state index contributed by atoms with van der Waals surface area (Å²) >= 11 is 0. The lowest BCUT2D eigenvalue weighted by Gasteiger charge is -2.07. The van der Waals surface area contributed by atoms with E-state index in [9.17, 15) is 4.79 Å². The Bertz CT molecular complexity index is 158. The van der Waals surface area contributed by atoms with E-state index in [0.717, 1.165) is 31.2 Å². The highest BCUT2D eigenvalue weighted by molar-refractivity contribution is 5.75. The largest absolute Gasteiger partial charge is 0.356 e. The number of unbranched alkanes of at least 4 members (excludes halogenated alkanes) is 1. The van der Waals surface area contributed by atoms with E-state index in [4.69, 9.17) is 0 Å². The fourth-order valence-electron chi connectivity index (χ4n) is 1.66. The molecule has 0 aliphatic rings. The summed E-state index contributed by atoms with van der Waals surface area (Å²) in [5.74, 6) is 1.73. The molecule has 1 amide bonds. The smallest absolute Gasteiger partial charge is 0.219 e. The summed E-state index contributed by atoms with van der Waals surface area (Å²) in [6.45, 7) is 9.74. The van der Waals surface area contributed by atoms with E-state index in [2.05, 4.69) is 33.0 Å². The first-order valence-corrected chi connectivity index (χ1v) is 6.79. The molecule has 2 heteroatoms. The van der Waals surface area contributed by atoms with Gasteiger partial charge in [0.25, 0.3) is 0 Å². The van der Waals surface area contributed by atoms with Crippen molar-refractivity contribution in [2.24, 2.45) is 11.8 Å². The van der Waals surface area contributed by atoms with E-state index in [1.807, 2.05) is 0 Å². The summed E-state index contributed by atoms with van der Waals surface area (Å²) < 4.78 is 0. The quantitative estimate of drug-likeness (QED) is 0.597. The van der Waals surface area contributed by atoms with Crippen LogP contribution in [0.25, 0.3) is 0 Å². The summed E-state index contributed by atoms with van der Waals surface area (Å²) in [6.07, 6.45) is 6.46. The van der Waals surface area contributed by atoms with Gasteiger partial charge in [0.1, 0.15) is 0 Å². The molecule has 2 nitrogen and oxygen atoms in total. The van der Waals surface area contributed by atoms with Gasteiger partial charge < -0.3 is 5.32 Å². The Morgan fingerprint density at radius 3 is 2.06 bits per heavy atom. The van der Waals surface area contributed by atoms with Crippen LogP contribution in [-0.4, -0.2) is 12.5 Å². The van der Waals surface area contributed by atoms with Crippen LogP contribution in [0.2, 0.25) is 0 Å². The summed E-state index contributed by atoms with van der Waals surface area (Å²) in [7, 11) is 0. The number of amides is 1. The summed E-state index contributed by atoms with van der Waals surface area (Å²) in [4.78, 5) is 11.4. The van der Waals surface area contributed by atoms with Crippen LogP contribution in [0, 0.1) is 11.8 Å². The fourth-order valence-corrected chi connectivity index (χ4v) is 1.66. The maximum Gasteiger partial charge on any atom is 0.219 e. The summed E-state index contributed by atoms with van der Waals surface area (Å²) in [6, 6.07) is 0. The van der Waals surface area contributed by atoms with Crippen molar-refractivity contribution in [2.45, 2.75) is 66.2 Å². The number of carbonyl (C=O) groups excluding carboxylic acids is 1. The molecule has 0 bridgehead atoms. The fraction of sp³-hybridized carbons (Fsp3) is 0.929. The molecule has 0 aromatic carbocycles. The molecule has 0 aliphatic carbocycles. The van der Waals surface area contributed by atoms with Crippen LogP contribution in [0.3, 0.4) is 0 Å². The second-order valence-corrected chi connectivity index (χ2v) is 5.53. The van der Waals surface area contributed by atoms with E-state index in [0.29, 0.717) is 6.42 Å². The van der Waals surface area contributed by atoms with Gasteiger partial charge in [-0.25, -0.2) is 0 Å². The monoisotopic (exact) mass is 227 g/mol. The van der Waals surface area contributed by atoms with Crippen LogP contribution in [0.1, 0.15) is 66.2 Å². The topological polar surface area (TPSA) is 29.1 Å². The Labute approximate surface area is 101 Å². The van der Waals surface area contributed by atoms with Crippen LogP contribution in [-0.2, 0) is 4.79 Å². The van der Waals surface area contributed by atoms with Crippen LogP contribution < -0.4 is 5.32 Å². The molecular formula is C14H29NO. The lowest BCUT2D eigenvalue weighted by atomic mass is 10.1. The molecule has 0 unspecified atom stereocenters. The minimum atomic E-state index is 0.229. The highest BCUT2D eigenvalue weighted by Crippen LogP contribution is 2.08.